The smallest absolute Gasteiger partial charge is 0.305 e. The van der Waals surface area contributed by atoms with E-state index in [2.05, 4.69) is 63.8 Å². The summed E-state index contributed by atoms with van der Waals surface area (Å²) in [5.74, 6) is -10.3. The first-order valence-electron chi connectivity index (χ1n) is 27.7. The minimum absolute atomic E-state index is 0.0534. The molecule has 0 fully saturated rings. The molecule has 85 heavy (non-hydrogen) atoms. The first kappa shape index (κ1) is 72.6. The van der Waals surface area contributed by atoms with Gasteiger partial charge in [0.1, 0.15) is 30.5 Å². The van der Waals surface area contributed by atoms with Gasteiger partial charge >= 0.3 is 5.97 Å². The summed E-state index contributed by atoms with van der Waals surface area (Å²) in [6.07, 6.45) is 0.311. The molecule has 12 amide bonds. The number of carbonyl (C=O) groups excluding carboxylic acids is 13. The van der Waals surface area contributed by atoms with Crippen LogP contribution in [0.5, 0.6) is 0 Å². The molecule has 13 N–H and O–H groups in total. The molecule has 0 spiro atoms. The number of rotatable bonds is 39. The minimum Gasteiger partial charge on any atom is -0.481 e. The average Bonchev–Trinajstić information content (AvgIpc) is 3.67. The molecule has 0 heterocycles. The molecule has 0 radical (unpaired) electrons. The highest BCUT2D eigenvalue weighted by Gasteiger charge is 2.31. The Morgan fingerprint density at radius 1 is 0.553 bits per heavy atom. The van der Waals surface area contributed by atoms with E-state index in [9.17, 15) is 72.2 Å². The van der Waals surface area contributed by atoms with Crippen LogP contribution in [0, 0.1) is 11.8 Å². The maximum absolute atomic E-state index is 14.2. The summed E-state index contributed by atoms with van der Waals surface area (Å²) in [6, 6.07) is 10.6. The molecule has 0 aliphatic rings. The largest absolute Gasteiger partial charge is 0.481 e. The van der Waals surface area contributed by atoms with Crippen molar-refractivity contribution < 1.29 is 72.2 Å². The van der Waals surface area contributed by atoms with E-state index < -0.39 is 153 Å². The predicted molar refractivity (Wildman–Crippen MR) is 314 cm³/mol. The number of nitrogens with zero attached hydrogens (tertiary/aromatic N) is 1. The molecule has 468 valence electrons. The summed E-state index contributed by atoms with van der Waals surface area (Å²) < 4.78 is 0. The molecule has 2 aromatic rings. The third-order valence-corrected chi connectivity index (χ3v) is 13.6. The maximum atomic E-state index is 14.2. The van der Waals surface area contributed by atoms with E-state index in [1.165, 1.54) is 7.05 Å². The van der Waals surface area contributed by atoms with E-state index in [1.807, 2.05) is 77.1 Å². The van der Waals surface area contributed by atoms with Crippen molar-refractivity contribution in [3.63, 3.8) is 0 Å². The summed E-state index contributed by atoms with van der Waals surface area (Å²) >= 11 is 1.15. The lowest BCUT2D eigenvalue weighted by molar-refractivity contribution is -0.141. The summed E-state index contributed by atoms with van der Waals surface area (Å²) in [5.41, 5.74) is 2.37. The van der Waals surface area contributed by atoms with Crippen molar-refractivity contribution in [3.8, 4) is 11.1 Å². The lowest BCUT2D eigenvalue weighted by atomic mass is 10.00. The van der Waals surface area contributed by atoms with Gasteiger partial charge in [-0.3, -0.25) is 62.3 Å². The Balaban J connectivity index is 2.11. The number of nitrogens with one attached hydrogen (secondary N) is 12. The zero-order valence-corrected chi connectivity index (χ0v) is 50.1. The fraction of sp³-hybridized carbons (Fsp3) is 0.536. The first-order chi connectivity index (χ1) is 40.2. The van der Waals surface area contributed by atoms with Crippen LogP contribution in [0.2, 0.25) is 0 Å². The SMILES string of the molecule is CCC[C@H](NC(=O)[C@H](Cc1ccc(-c2ccccc2)cc1)NC(=O)CNC(=O)CNC(=O)C(CC(=O)O)NC(=O)CNC(=O)CNC(=O)CSCC(C=O)NC)C(=O)N(C)CC(=O)NC(CC(C)C)C(=O)NCC(=O)NCC(=O)NC(C)C(C)C. The fourth-order valence-corrected chi connectivity index (χ4v) is 8.48. The van der Waals surface area contributed by atoms with Gasteiger partial charge in [-0.1, -0.05) is 95.6 Å². The van der Waals surface area contributed by atoms with Gasteiger partial charge in [-0.2, -0.15) is 0 Å². The van der Waals surface area contributed by atoms with E-state index in [-0.39, 0.29) is 49.4 Å². The highest BCUT2D eigenvalue weighted by molar-refractivity contribution is 8.00. The highest BCUT2D eigenvalue weighted by atomic mass is 32.2. The number of hydrogen-bond donors (Lipinski definition) is 13. The quantitative estimate of drug-likeness (QED) is 0.0297. The van der Waals surface area contributed by atoms with Crippen molar-refractivity contribution in [3.05, 3.63) is 60.2 Å². The summed E-state index contributed by atoms with van der Waals surface area (Å²) in [5, 5.41) is 38.9. The van der Waals surface area contributed by atoms with Crippen LogP contribution >= 0.6 is 11.8 Å². The van der Waals surface area contributed by atoms with Gasteiger partial charge in [-0.25, -0.2) is 0 Å². The Hall–Kier alpha value is -8.47. The van der Waals surface area contributed by atoms with Gasteiger partial charge < -0.3 is 78.6 Å². The molecule has 0 bridgehead atoms. The van der Waals surface area contributed by atoms with E-state index in [1.54, 1.807) is 26.1 Å². The maximum Gasteiger partial charge on any atom is 0.305 e. The van der Waals surface area contributed by atoms with Crippen molar-refractivity contribution in [2.24, 2.45) is 11.8 Å². The molecule has 0 aromatic heterocycles. The predicted octanol–water partition coefficient (Wildman–Crippen LogP) is -3.01. The van der Waals surface area contributed by atoms with Crippen molar-refractivity contribution >= 4 is 94.9 Å². The number of thioether (sulfide) groups is 1. The van der Waals surface area contributed by atoms with Crippen LogP contribution in [-0.2, 0) is 73.5 Å². The number of likely N-dealkylation sites (N-methyl/N-ethyl adjacent to an activating group) is 2. The van der Waals surface area contributed by atoms with Gasteiger partial charge in [-0.05, 0) is 55.3 Å². The number of aliphatic carboxylic acids is 1. The summed E-state index contributed by atoms with van der Waals surface area (Å²) in [4.78, 5) is 179. The number of carbonyl (C=O) groups is 14. The fourth-order valence-electron chi connectivity index (χ4n) is 7.58. The van der Waals surface area contributed by atoms with E-state index in [0.717, 1.165) is 27.8 Å². The molecule has 6 atom stereocenters. The molecule has 28 nitrogen and oxygen atoms in total. The number of hydrogen-bond acceptors (Lipinski definition) is 16. The number of carboxylic acid groups (broad SMARTS) is 1. The van der Waals surface area contributed by atoms with Crippen LogP contribution < -0.4 is 63.8 Å². The number of aldehydes is 1. The lowest BCUT2D eigenvalue weighted by Gasteiger charge is -2.27. The summed E-state index contributed by atoms with van der Waals surface area (Å²) in [6.45, 7) is 7.01. The zero-order valence-electron chi connectivity index (χ0n) is 49.3. The molecule has 4 unspecified atom stereocenters. The molecule has 29 heteroatoms. The van der Waals surface area contributed by atoms with E-state index in [4.69, 9.17) is 0 Å². The summed E-state index contributed by atoms with van der Waals surface area (Å²) in [7, 11) is 2.91. The van der Waals surface area contributed by atoms with Gasteiger partial charge in [0.25, 0.3) is 0 Å². The van der Waals surface area contributed by atoms with Gasteiger partial charge in [0.15, 0.2) is 0 Å². The second-order valence-corrected chi connectivity index (χ2v) is 21.6. The molecular weight excluding hydrogens is 1130 g/mol. The van der Waals surface area contributed by atoms with Crippen LogP contribution in [0.15, 0.2) is 54.6 Å². The molecule has 0 aliphatic heterocycles. The molecular formula is C56H83N13O15S. The topological polar surface area (TPSA) is 407 Å². The number of benzene rings is 2. The van der Waals surface area contributed by atoms with Crippen LogP contribution in [0.1, 0.15) is 72.8 Å². The standard InChI is InChI=1S/C56H83N13O15S/c1-9-13-40(56(84)69(8)29-50(77)67-41(20-33(2)3)53(81)62-24-45(72)58-26-47(74)64-35(6)34(4)5)68-55(83)42(21-36-16-18-38(19-17-36)37-14-11-10-12-15-37)65-48(75)27-60-46(73)25-63-54(82)43(22-52(79)80)66-49(76)28-59-44(71)23-61-51(78)32-85-31-39(30-70)57-7/h10-12,14-19,30,33-35,39-43,57H,9,13,20-29,31-32H2,1-8H3,(H,58,72)(H,59,71)(H,60,73)(H,61,78)(H,62,81)(H,63,82)(H,64,74)(H,65,75)(H,66,76)(H,67,77)(H,68,83)(H,79,80)/t35?,39?,40-,41?,42-,43?/m0/s1. The Morgan fingerprint density at radius 2 is 1.04 bits per heavy atom. The van der Waals surface area contributed by atoms with E-state index >= 15 is 0 Å². The van der Waals surface area contributed by atoms with Gasteiger partial charge in [0, 0.05) is 25.3 Å². The second kappa shape index (κ2) is 39.1. The van der Waals surface area contributed by atoms with Gasteiger partial charge in [0.05, 0.1) is 64.0 Å². The molecule has 0 saturated carbocycles. The molecule has 2 aromatic carbocycles. The number of carboxylic acids is 1. The zero-order chi connectivity index (χ0) is 63.6. The first-order valence-corrected chi connectivity index (χ1v) is 28.8. The monoisotopic (exact) mass is 1210 g/mol. The van der Waals surface area contributed by atoms with Crippen molar-refractivity contribution in [1.82, 2.24) is 68.7 Å². The van der Waals surface area contributed by atoms with Crippen molar-refractivity contribution in [2.45, 2.75) is 110 Å². The minimum atomic E-state index is -1.72. The van der Waals surface area contributed by atoms with Gasteiger partial charge in [0.2, 0.25) is 70.9 Å². The molecule has 2 rings (SSSR count). The Kier molecular flexibility index (Phi) is 33.4. The Bertz CT molecular complexity index is 2610. The van der Waals surface area contributed by atoms with Crippen LogP contribution in [0.4, 0.5) is 0 Å². The third kappa shape index (κ3) is 30.1. The van der Waals surface area contributed by atoms with Gasteiger partial charge in [-0.15, -0.1) is 11.8 Å². The lowest BCUT2D eigenvalue weighted by Crippen LogP contribution is -2.57. The normalized spacial score (nSPS) is 12.9. The van der Waals surface area contributed by atoms with Crippen molar-refractivity contribution in [2.75, 3.05) is 71.4 Å². The number of amides is 12. The average molecular weight is 1210 g/mol. The van der Waals surface area contributed by atoms with E-state index in [0.29, 0.717) is 24.0 Å². The van der Waals surface area contributed by atoms with Crippen LogP contribution in [0.25, 0.3) is 11.1 Å². The highest BCUT2D eigenvalue weighted by Crippen LogP contribution is 2.20. The second-order valence-electron chi connectivity index (χ2n) is 20.6. The third-order valence-electron chi connectivity index (χ3n) is 12.6. The Labute approximate surface area is 498 Å². The molecule has 0 aliphatic carbocycles. The van der Waals surface area contributed by atoms with Crippen LogP contribution in [-0.4, -0.2) is 201 Å². The molecule has 0 saturated heterocycles. The van der Waals surface area contributed by atoms with Crippen molar-refractivity contribution in [1.29, 1.82) is 0 Å². The Morgan fingerprint density at radius 3 is 1.54 bits per heavy atom. The van der Waals surface area contributed by atoms with Crippen LogP contribution in [0.3, 0.4) is 0 Å².